The molecule has 0 aromatic heterocycles. The maximum absolute atomic E-state index is 13.7. The molecule has 0 saturated carbocycles. The molecule has 364 valence electrons. The third kappa shape index (κ3) is 20.5. The van der Waals surface area contributed by atoms with Gasteiger partial charge >= 0.3 is 17.9 Å². The summed E-state index contributed by atoms with van der Waals surface area (Å²) in [6, 6.07) is -2.81. The number of rotatable bonds is 30. The van der Waals surface area contributed by atoms with E-state index in [4.69, 9.17) is 25.4 Å². The van der Waals surface area contributed by atoms with E-state index in [1.165, 1.54) is 38.5 Å². The SMILES string of the molecule is Cc1c(C)c2c(c(C)c1OC(=O)CC(SCC(NC(=O)CCC(N)C(=O)O)C(=O)NCC(=O)O)C(=O)NCCS(=O)(=O)O)CCC(C)(CCCC(C)CCCC(C)CCCC(C)C)O2. The van der Waals surface area contributed by atoms with Gasteiger partial charge in [0.1, 0.15) is 35.7 Å². The Labute approximate surface area is 383 Å². The average Bonchev–Trinajstić information content (AvgIpc) is 3.19. The molecule has 6 atom stereocenters. The Morgan fingerprint density at radius 1 is 0.859 bits per heavy atom. The fourth-order valence-electron chi connectivity index (χ4n) is 7.72. The molecular formula is C45H74N4O13S2. The number of carbonyl (C=O) groups excluding carboxylic acids is 4. The molecule has 6 unspecified atom stereocenters. The predicted molar refractivity (Wildman–Crippen MR) is 246 cm³/mol. The van der Waals surface area contributed by atoms with Gasteiger partial charge in [0.15, 0.2) is 0 Å². The Bertz CT molecular complexity index is 1880. The number of carboxylic acids is 2. The molecule has 1 heterocycles. The van der Waals surface area contributed by atoms with E-state index in [1.807, 2.05) is 20.8 Å². The van der Waals surface area contributed by atoms with Gasteiger partial charge in [0, 0.05) is 24.3 Å². The Hall–Kier alpha value is -3.94. The molecule has 64 heavy (non-hydrogen) atoms. The number of esters is 1. The average molecular weight is 943 g/mol. The molecule has 17 nitrogen and oxygen atoms in total. The van der Waals surface area contributed by atoms with E-state index in [2.05, 4.69) is 50.6 Å². The van der Waals surface area contributed by atoms with Crippen molar-refractivity contribution >= 4 is 57.5 Å². The van der Waals surface area contributed by atoms with Crippen LogP contribution in [0.5, 0.6) is 11.5 Å². The van der Waals surface area contributed by atoms with E-state index in [-0.39, 0.29) is 17.8 Å². The van der Waals surface area contributed by atoms with Gasteiger partial charge < -0.3 is 41.4 Å². The molecule has 0 spiro atoms. The van der Waals surface area contributed by atoms with Gasteiger partial charge in [0.2, 0.25) is 17.7 Å². The zero-order valence-corrected chi connectivity index (χ0v) is 40.6. The summed E-state index contributed by atoms with van der Waals surface area (Å²) in [6.07, 6.45) is 11.0. The van der Waals surface area contributed by atoms with E-state index < -0.39 is 94.8 Å². The number of aliphatic carboxylic acids is 2. The molecule has 1 aromatic rings. The van der Waals surface area contributed by atoms with Gasteiger partial charge in [0.25, 0.3) is 10.1 Å². The van der Waals surface area contributed by atoms with Crippen molar-refractivity contribution < 1.29 is 61.4 Å². The second-order valence-corrected chi connectivity index (χ2v) is 21.0. The lowest BCUT2D eigenvalue weighted by molar-refractivity contribution is -0.139. The molecule has 1 aromatic carbocycles. The number of thioether (sulfide) groups is 1. The van der Waals surface area contributed by atoms with Gasteiger partial charge in [-0.3, -0.25) is 33.3 Å². The minimum Gasteiger partial charge on any atom is -0.487 e. The first-order valence-corrected chi connectivity index (χ1v) is 25.1. The standard InChI is InChI=1S/C45H74N4O13S2/c1-27(2)12-9-13-28(3)14-10-15-29(4)16-11-20-45(8)21-19-33-32(7)40(30(5)31(6)41(33)62-45)61-39(53)24-36(43(55)47-22-23-64(58,59)60)63-26-35(42(54)48-25-38(51)52)49-37(50)18-17-34(46)44(56)57/h27-29,34-36H,9-26,46H2,1-8H3,(H,47,55)(H,48,54)(H,49,50)(H,51,52)(H,56,57)(H,58,59,60). The molecule has 0 radical (unpaired) electrons. The maximum Gasteiger partial charge on any atom is 0.322 e. The van der Waals surface area contributed by atoms with Gasteiger partial charge in [-0.2, -0.15) is 8.42 Å². The third-order valence-corrected chi connectivity index (χ3v) is 13.9. The van der Waals surface area contributed by atoms with E-state index in [9.17, 15) is 41.7 Å². The fourth-order valence-corrected chi connectivity index (χ4v) is 9.23. The predicted octanol–water partition coefficient (Wildman–Crippen LogP) is 5.41. The lowest BCUT2D eigenvalue weighted by Gasteiger charge is -2.38. The first-order chi connectivity index (χ1) is 29.8. The van der Waals surface area contributed by atoms with Gasteiger partial charge in [-0.1, -0.05) is 72.6 Å². The summed E-state index contributed by atoms with van der Waals surface area (Å²) in [5.74, 6) is -4.06. The normalized spacial score (nSPS) is 17.2. The zero-order valence-electron chi connectivity index (χ0n) is 39.0. The van der Waals surface area contributed by atoms with Crippen LogP contribution >= 0.6 is 11.8 Å². The topological polar surface area (TPSA) is 278 Å². The van der Waals surface area contributed by atoms with Crippen LogP contribution < -0.4 is 31.2 Å². The van der Waals surface area contributed by atoms with Crippen LogP contribution in [-0.2, 0) is 45.3 Å². The highest BCUT2D eigenvalue weighted by atomic mass is 32.2. The van der Waals surface area contributed by atoms with Gasteiger partial charge in [0.05, 0.1) is 17.4 Å². The first-order valence-electron chi connectivity index (χ1n) is 22.5. The van der Waals surface area contributed by atoms with Crippen LogP contribution in [0.3, 0.4) is 0 Å². The molecule has 2 rings (SSSR count). The van der Waals surface area contributed by atoms with Gasteiger partial charge in [-0.25, -0.2) is 0 Å². The van der Waals surface area contributed by atoms with Gasteiger partial charge in [-0.05, 0) is 94.2 Å². The highest BCUT2D eigenvalue weighted by Crippen LogP contribution is 2.45. The van der Waals surface area contributed by atoms with Crippen molar-refractivity contribution in [1.82, 2.24) is 16.0 Å². The van der Waals surface area contributed by atoms with Crippen molar-refractivity contribution in [2.75, 3.05) is 24.6 Å². The number of carbonyl (C=O) groups is 6. The van der Waals surface area contributed by atoms with Crippen LogP contribution in [0, 0.1) is 38.5 Å². The highest BCUT2D eigenvalue weighted by Gasteiger charge is 2.36. The maximum atomic E-state index is 13.7. The van der Waals surface area contributed by atoms with Gasteiger partial charge in [-0.15, -0.1) is 11.8 Å². The number of benzene rings is 1. The molecule has 0 saturated heterocycles. The Kier molecular flexibility index (Phi) is 23.6. The molecule has 1 aliphatic heterocycles. The molecule has 8 N–H and O–H groups in total. The Balaban J connectivity index is 2.18. The summed E-state index contributed by atoms with van der Waals surface area (Å²) in [4.78, 5) is 75.0. The Morgan fingerprint density at radius 2 is 1.47 bits per heavy atom. The monoisotopic (exact) mass is 942 g/mol. The number of amides is 3. The molecule has 1 aliphatic rings. The smallest absolute Gasteiger partial charge is 0.322 e. The van der Waals surface area contributed by atoms with Crippen molar-refractivity contribution in [3.63, 3.8) is 0 Å². The largest absolute Gasteiger partial charge is 0.487 e. The molecule has 0 aliphatic carbocycles. The fraction of sp³-hybridized carbons (Fsp3) is 0.733. The minimum absolute atomic E-state index is 0.271. The molecule has 3 amide bonds. The quantitative estimate of drug-likeness (QED) is 0.0288. The van der Waals surface area contributed by atoms with Crippen LogP contribution in [0.1, 0.15) is 140 Å². The van der Waals surface area contributed by atoms with E-state index >= 15 is 0 Å². The number of nitrogens with one attached hydrogen (secondary N) is 3. The van der Waals surface area contributed by atoms with E-state index in [0.717, 1.165) is 66.2 Å². The number of nitrogens with two attached hydrogens (primary N) is 1. The molecule has 0 fully saturated rings. The van der Waals surface area contributed by atoms with Crippen molar-refractivity contribution in [1.29, 1.82) is 0 Å². The zero-order chi connectivity index (χ0) is 48.4. The summed E-state index contributed by atoms with van der Waals surface area (Å²) in [7, 11) is -4.45. The van der Waals surface area contributed by atoms with Crippen molar-refractivity contribution in [2.24, 2.45) is 23.5 Å². The molecule has 0 bridgehead atoms. The van der Waals surface area contributed by atoms with Crippen molar-refractivity contribution in [3.05, 3.63) is 22.3 Å². The van der Waals surface area contributed by atoms with Crippen LogP contribution in [0.4, 0.5) is 0 Å². The Morgan fingerprint density at radius 3 is 2.05 bits per heavy atom. The summed E-state index contributed by atoms with van der Waals surface area (Å²) >= 11 is 0.732. The molecular weight excluding hydrogens is 869 g/mol. The van der Waals surface area contributed by atoms with Crippen LogP contribution in [0.25, 0.3) is 0 Å². The first kappa shape index (κ1) is 56.2. The number of carboxylic acid groups (broad SMARTS) is 2. The van der Waals surface area contributed by atoms with Crippen LogP contribution in [0.2, 0.25) is 0 Å². The number of hydrogen-bond donors (Lipinski definition) is 7. The summed E-state index contributed by atoms with van der Waals surface area (Å²) in [6.45, 7) is 15.7. The van der Waals surface area contributed by atoms with Crippen LogP contribution in [-0.4, -0.2) is 106 Å². The number of hydrogen-bond acceptors (Lipinski definition) is 12. The van der Waals surface area contributed by atoms with Crippen molar-refractivity contribution in [2.45, 2.75) is 168 Å². The van der Waals surface area contributed by atoms with Crippen LogP contribution in [0.15, 0.2) is 0 Å². The number of ether oxygens (including phenoxy) is 2. The summed E-state index contributed by atoms with van der Waals surface area (Å²) < 4.78 is 44.5. The minimum atomic E-state index is -4.45. The lowest BCUT2D eigenvalue weighted by atomic mass is 9.83. The second kappa shape index (κ2) is 26.9. The lowest BCUT2D eigenvalue weighted by Crippen LogP contribution is -2.50. The second-order valence-electron chi connectivity index (χ2n) is 18.2. The summed E-state index contributed by atoms with van der Waals surface area (Å²) in [5.41, 5.74) is 8.24. The van der Waals surface area contributed by atoms with Crippen molar-refractivity contribution in [3.8, 4) is 11.5 Å². The number of fused-ring (bicyclic) bond motifs is 1. The highest BCUT2D eigenvalue weighted by molar-refractivity contribution is 8.00. The summed E-state index contributed by atoms with van der Waals surface area (Å²) in [5, 5.41) is 23.7. The van der Waals surface area contributed by atoms with E-state index in [1.54, 1.807) is 0 Å². The third-order valence-electron chi connectivity index (χ3n) is 11.9. The molecule has 19 heteroatoms. The van der Waals surface area contributed by atoms with E-state index in [0.29, 0.717) is 29.2 Å².